The quantitative estimate of drug-likeness (QED) is 0.855. The molecular formula is C10H6F3NO3. The molecule has 7 heteroatoms. The van der Waals surface area contributed by atoms with Gasteiger partial charge in [0.1, 0.15) is 5.75 Å². The predicted molar refractivity (Wildman–Crippen MR) is 51.9 cm³/mol. The van der Waals surface area contributed by atoms with Crippen molar-refractivity contribution in [3.05, 3.63) is 30.0 Å². The third-order valence-corrected chi connectivity index (χ3v) is 2.12. The van der Waals surface area contributed by atoms with Gasteiger partial charge < -0.3 is 14.8 Å². The van der Waals surface area contributed by atoms with Crippen molar-refractivity contribution in [3.8, 4) is 5.75 Å². The molecule has 0 radical (unpaired) electrons. The Kier molecular flexibility index (Phi) is 2.45. The van der Waals surface area contributed by atoms with Crippen LogP contribution in [-0.2, 0) is 0 Å². The van der Waals surface area contributed by atoms with E-state index in [1.807, 2.05) is 0 Å². The largest absolute Gasteiger partial charge is 0.573 e. The maximum Gasteiger partial charge on any atom is 0.573 e. The minimum absolute atomic E-state index is 0.00133. The van der Waals surface area contributed by atoms with E-state index in [-0.39, 0.29) is 11.1 Å². The van der Waals surface area contributed by atoms with Gasteiger partial charge in [-0.15, -0.1) is 13.2 Å². The number of rotatable bonds is 2. The number of benzene rings is 1. The molecule has 2 rings (SSSR count). The van der Waals surface area contributed by atoms with Gasteiger partial charge in [0.15, 0.2) is 0 Å². The van der Waals surface area contributed by atoms with E-state index >= 15 is 0 Å². The van der Waals surface area contributed by atoms with Gasteiger partial charge in [0.05, 0.1) is 5.56 Å². The fourth-order valence-electron chi connectivity index (χ4n) is 1.48. The summed E-state index contributed by atoms with van der Waals surface area (Å²) in [6.07, 6.45) is -3.56. The van der Waals surface area contributed by atoms with Gasteiger partial charge in [-0.1, -0.05) is 0 Å². The van der Waals surface area contributed by atoms with Crippen LogP contribution >= 0.6 is 0 Å². The van der Waals surface area contributed by atoms with Gasteiger partial charge in [0.25, 0.3) is 0 Å². The van der Waals surface area contributed by atoms with Gasteiger partial charge in [0.2, 0.25) is 0 Å². The van der Waals surface area contributed by atoms with Gasteiger partial charge in [-0.3, -0.25) is 0 Å². The lowest BCUT2D eigenvalue weighted by molar-refractivity contribution is -0.274. The van der Waals surface area contributed by atoms with Crippen LogP contribution in [0.15, 0.2) is 24.4 Å². The van der Waals surface area contributed by atoms with E-state index in [1.54, 1.807) is 0 Å². The van der Waals surface area contributed by atoms with Gasteiger partial charge in [-0.2, -0.15) is 0 Å². The van der Waals surface area contributed by atoms with Crippen molar-refractivity contribution >= 4 is 16.9 Å². The number of halogens is 3. The third-order valence-electron chi connectivity index (χ3n) is 2.12. The number of carbonyl (C=O) groups is 1. The maximum atomic E-state index is 11.9. The Bertz CT molecular complexity index is 574. The highest BCUT2D eigenvalue weighted by Gasteiger charge is 2.31. The van der Waals surface area contributed by atoms with Crippen LogP contribution in [0, 0.1) is 0 Å². The molecule has 2 N–H and O–H groups in total. The fraction of sp³-hybridized carbons (Fsp3) is 0.100. The van der Waals surface area contributed by atoms with Gasteiger partial charge in [0, 0.05) is 23.2 Å². The molecule has 90 valence electrons. The number of H-pyrrole nitrogens is 1. The molecule has 1 heterocycles. The highest BCUT2D eigenvalue weighted by molar-refractivity contribution is 6.03. The minimum atomic E-state index is -4.77. The number of hydrogen-bond acceptors (Lipinski definition) is 2. The van der Waals surface area contributed by atoms with Gasteiger partial charge in [-0.05, 0) is 12.1 Å². The Morgan fingerprint density at radius 1 is 1.35 bits per heavy atom. The van der Waals surface area contributed by atoms with Crippen LogP contribution in [0.2, 0.25) is 0 Å². The summed E-state index contributed by atoms with van der Waals surface area (Å²) >= 11 is 0. The first-order valence-corrected chi connectivity index (χ1v) is 4.47. The lowest BCUT2D eigenvalue weighted by Crippen LogP contribution is -2.16. The summed E-state index contributed by atoms with van der Waals surface area (Å²) in [4.78, 5) is 13.3. The van der Waals surface area contributed by atoms with Crippen LogP contribution in [-0.4, -0.2) is 22.4 Å². The number of aromatic amines is 1. The summed E-state index contributed by atoms with van der Waals surface area (Å²) < 4.78 is 39.6. The average molecular weight is 245 g/mol. The maximum absolute atomic E-state index is 11.9. The zero-order chi connectivity index (χ0) is 12.6. The SMILES string of the molecule is O=C(O)c1c[nH]c2cc(OC(F)(F)F)ccc12. The molecule has 4 nitrogen and oxygen atoms in total. The summed E-state index contributed by atoms with van der Waals surface area (Å²) in [5, 5.41) is 9.12. The molecule has 0 aliphatic rings. The summed E-state index contributed by atoms with van der Waals surface area (Å²) in [6.45, 7) is 0. The lowest BCUT2D eigenvalue weighted by atomic mass is 10.2. The normalized spacial score (nSPS) is 11.7. The Balaban J connectivity index is 2.43. The van der Waals surface area contributed by atoms with Gasteiger partial charge >= 0.3 is 12.3 Å². The number of aromatic nitrogens is 1. The highest BCUT2D eigenvalue weighted by Crippen LogP contribution is 2.27. The number of carboxylic acids is 1. The molecule has 0 spiro atoms. The fourth-order valence-corrected chi connectivity index (χ4v) is 1.48. The molecule has 0 saturated carbocycles. The molecule has 0 amide bonds. The number of nitrogens with one attached hydrogen (secondary N) is 1. The predicted octanol–water partition coefficient (Wildman–Crippen LogP) is 2.76. The van der Waals surface area contributed by atoms with Gasteiger partial charge in [-0.25, -0.2) is 4.79 Å². The van der Waals surface area contributed by atoms with Crippen LogP contribution in [0.5, 0.6) is 5.75 Å². The molecule has 0 bridgehead atoms. The molecule has 0 fully saturated rings. The van der Waals surface area contributed by atoms with Crippen molar-refractivity contribution < 1.29 is 27.8 Å². The van der Waals surface area contributed by atoms with Crippen molar-refractivity contribution in [2.45, 2.75) is 6.36 Å². The smallest absolute Gasteiger partial charge is 0.478 e. The van der Waals surface area contributed by atoms with E-state index in [1.165, 1.54) is 12.3 Å². The number of carboxylic acid groups (broad SMARTS) is 1. The molecule has 0 aliphatic carbocycles. The van der Waals surface area contributed by atoms with Crippen LogP contribution in [0.3, 0.4) is 0 Å². The second-order valence-corrected chi connectivity index (χ2v) is 3.26. The number of ether oxygens (including phenoxy) is 1. The molecule has 17 heavy (non-hydrogen) atoms. The Morgan fingerprint density at radius 2 is 2.06 bits per heavy atom. The molecule has 0 atom stereocenters. The first-order valence-electron chi connectivity index (χ1n) is 4.47. The third kappa shape index (κ3) is 2.32. The zero-order valence-corrected chi connectivity index (χ0v) is 8.21. The Morgan fingerprint density at radius 3 is 2.65 bits per heavy atom. The monoisotopic (exact) mass is 245 g/mol. The number of hydrogen-bond donors (Lipinski definition) is 2. The van der Waals surface area contributed by atoms with E-state index in [2.05, 4.69) is 9.72 Å². The summed E-state index contributed by atoms with van der Waals surface area (Å²) in [7, 11) is 0. The van der Waals surface area contributed by atoms with E-state index in [0.717, 1.165) is 12.1 Å². The Labute approximate surface area is 92.6 Å². The first-order chi connectivity index (χ1) is 7.87. The second kappa shape index (κ2) is 3.69. The van der Waals surface area contributed by atoms with Crippen molar-refractivity contribution in [2.75, 3.05) is 0 Å². The first kappa shape index (κ1) is 11.3. The average Bonchev–Trinajstić information content (AvgIpc) is 2.57. The van der Waals surface area contributed by atoms with E-state index < -0.39 is 18.1 Å². The molecule has 0 aliphatic heterocycles. The van der Waals surface area contributed by atoms with Crippen LogP contribution in [0.25, 0.3) is 10.9 Å². The molecule has 0 saturated heterocycles. The van der Waals surface area contributed by atoms with Crippen molar-refractivity contribution in [1.29, 1.82) is 0 Å². The lowest BCUT2D eigenvalue weighted by Gasteiger charge is -2.08. The molecule has 0 unspecified atom stereocenters. The van der Waals surface area contributed by atoms with Crippen LogP contribution < -0.4 is 4.74 Å². The van der Waals surface area contributed by atoms with E-state index in [4.69, 9.17) is 5.11 Å². The van der Waals surface area contributed by atoms with E-state index in [9.17, 15) is 18.0 Å². The summed E-state index contributed by atoms with van der Waals surface area (Å²) in [5.74, 6) is -1.55. The minimum Gasteiger partial charge on any atom is -0.478 e. The topological polar surface area (TPSA) is 62.3 Å². The van der Waals surface area contributed by atoms with Crippen LogP contribution in [0.4, 0.5) is 13.2 Å². The molecular weight excluding hydrogens is 239 g/mol. The van der Waals surface area contributed by atoms with Crippen LogP contribution in [0.1, 0.15) is 10.4 Å². The Hall–Kier alpha value is -2.18. The molecule has 2 aromatic rings. The molecule has 1 aromatic heterocycles. The highest BCUT2D eigenvalue weighted by atomic mass is 19.4. The van der Waals surface area contributed by atoms with Crippen molar-refractivity contribution in [2.24, 2.45) is 0 Å². The summed E-state index contributed by atoms with van der Waals surface area (Å²) in [5.41, 5.74) is 0.266. The number of aromatic carboxylic acids is 1. The second-order valence-electron chi connectivity index (χ2n) is 3.26. The standard InChI is InChI=1S/C10H6F3NO3/c11-10(12,13)17-5-1-2-6-7(9(15)16)4-14-8(6)3-5/h1-4,14H,(H,15,16). The zero-order valence-electron chi connectivity index (χ0n) is 8.21. The summed E-state index contributed by atoms with van der Waals surface area (Å²) in [6, 6.07) is 3.42. The van der Waals surface area contributed by atoms with Crippen molar-refractivity contribution in [1.82, 2.24) is 4.98 Å². The van der Waals surface area contributed by atoms with E-state index in [0.29, 0.717) is 5.39 Å². The molecule has 1 aromatic carbocycles. The van der Waals surface area contributed by atoms with Crippen molar-refractivity contribution in [3.63, 3.8) is 0 Å². The number of alkyl halides is 3. The number of fused-ring (bicyclic) bond motifs is 1.